The molecule has 0 unspecified atom stereocenters. The van der Waals surface area contributed by atoms with Gasteiger partial charge in [-0.2, -0.15) is 5.10 Å². The number of ether oxygens (including phenoxy) is 1. The number of nitrogens with two attached hydrogens (primary N) is 1. The van der Waals surface area contributed by atoms with E-state index < -0.39 is 0 Å². The summed E-state index contributed by atoms with van der Waals surface area (Å²) in [5.74, 6) is 0.526. The molecule has 112 valence electrons. The Morgan fingerprint density at radius 2 is 2.00 bits per heavy atom. The summed E-state index contributed by atoms with van der Waals surface area (Å²) in [4.78, 5) is 4.50. The zero-order valence-electron chi connectivity index (χ0n) is 13.1. The number of anilines is 1. The SMILES string of the molecule is CCCc1nn(C)c2c1nc(N)n2CC(C)(C)OCC. The van der Waals surface area contributed by atoms with Crippen LogP contribution < -0.4 is 5.73 Å². The molecule has 20 heavy (non-hydrogen) atoms. The van der Waals surface area contributed by atoms with Crippen LogP contribution in [0.25, 0.3) is 11.2 Å². The zero-order valence-corrected chi connectivity index (χ0v) is 13.1. The van der Waals surface area contributed by atoms with E-state index in [-0.39, 0.29) is 5.60 Å². The van der Waals surface area contributed by atoms with E-state index in [1.54, 1.807) is 0 Å². The van der Waals surface area contributed by atoms with Crippen molar-refractivity contribution in [1.29, 1.82) is 0 Å². The minimum absolute atomic E-state index is 0.286. The average molecular weight is 279 g/mol. The largest absolute Gasteiger partial charge is 0.374 e. The van der Waals surface area contributed by atoms with Crippen molar-refractivity contribution >= 4 is 17.1 Å². The van der Waals surface area contributed by atoms with Gasteiger partial charge in [0.05, 0.1) is 17.8 Å². The topological polar surface area (TPSA) is 70.9 Å². The van der Waals surface area contributed by atoms with Crippen LogP contribution in [0.2, 0.25) is 0 Å². The van der Waals surface area contributed by atoms with Crippen LogP contribution in [0, 0.1) is 0 Å². The van der Waals surface area contributed by atoms with Gasteiger partial charge in [-0.05, 0) is 27.2 Å². The molecule has 0 amide bonds. The Morgan fingerprint density at radius 1 is 1.30 bits per heavy atom. The van der Waals surface area contributed by atoms with E-state index >= 15 is 0 Å². The third-order valence-corrected chi connectivity index (χ3v) is 3.38. The van der Waals surface area contributed by atoms with E-state index in [2.05, 4.69) is 30.9 Å². The lowest BCUT2D eigenvalue weighted by molar-refractivity contribution is -0.0214. The molecule has 0 saturated heterocycles. The molecule has 0 saturated carbocycles. The maximum absolute atomic E-state index is 6.09. The second kappa shape index (κ2) is 5.44. The Bertz CT molecular complexity index is 596. The molecular weight excluding hydrogens is 254 g/mol. The normalized spacial score (nSPS) is 12.4. The van der Waals surface area contributed by atoms with Crippen LogP contribution in [0.5, 0.6) is 0 Å². The lowest BCUT2D eigenvalue weighted by Gasteiger charge is -2.25. The maximum Gasteiger partial charge on any atom is 0.202 e. The molecular formula is C14H25N5O. The van der Waals surface area contributed by atoms with Crippen LogP contribution in [0.15, 0.2) is 0 Å². The number of nitrogens with zero attached hydrogens (tertiary/aromatic N) is 4. The molecule has 2 N–H and O–H groups in total. The third kappa shape index (κ3) is 2.65. The van der Waals surface area contributed by atoms with E-state index in [4.69, 9.17) is 10.5 Å². The molecule has 0 atom stereocenters. The van der Waals surface area contributed by atoms with E-state index in [0.29, 0.717) is 19.1 Å². The summed E-state index contributed by atoms with van der Waals surface area (Å²) in [6, 6.07) is 0. The lowest BCUT2D eigenvalue weighted by Crippen LogP contribution is -2.31. The molecule has 0 fully saturated rings. The lowest BCUT2D eigenvalue weighted by atomic mass is 10.1. The van der Waals surface area contributed by atoms with Crippen LogP contribution >= 0.6 is 0 Å². The van der Waals surface area contributed by atoms with E-state index in [1.165, 1.54) is 0 Å². The van der Waals surface area contributed by atoms with E-state index in [0.717, 1.165) is 29.7 Å². The predicted molar refractivity (Wildman–Crippen MR) is 80.6 cm³/mol. The van der Waals surface area contributed by atoms with Gasteiger partial charge in [-0.25, -0.2) is 4.98 Å². The Kier molecular flexibility index (Phi) is 4.04. The van der Waals surface area contributed by atoms with Gasteiger partial charge < -0.3 is 10.5 Å². The Morgan fingerprint density at radius 3 is 2.60 bits per heavy atom. The molecule has 0 aliphatic carbocycles. The van der Waals surface area contributed by atoms with Crippen molar-refractivity contribution in [2.75, 3.05) is 12.3 Å². The molecule has 0 aromatic carbocycles. The van der Waals surface area contributed by atoms with Crippen molar-refractivity contribution in [2.45, 2.75) is 52.7 Å². The van der Waals surface area contributed by atoms with Crippen molar-refractivity contribution in [3.63, 3.8) is 0 Å². The van der Waals surface area contributed by atoms with Crippen molar-refractivity contribution in [1.82, 2.24) is 19.3 Å². The molecule has 2 rings (SSSR count). The summed E-state index contributed by atoms with van der Waals surface area (Å²) in [5, 5.41) is 4.55. The molecule has 0 aliphatic rings. The van der Waals surface area contributed by atoms with Crippen LogP contribution in [-0.4, -0.2) is 31.5 Å². The number of aryl methyl sites for hydroxylation is 2. The number of nitrogen functional groups attached to an aromatic ring is 1. The van der Waals surface area contributed by atoms with Crippen molar-refractivity contribution in [3.8, 4) is 0 Å². The zero-order chi connectivity index (χ0) is 14.9. The third-order valence-electron chi connectivity index (χ3n) is 3.38. The quantitative estimate of drug-likeness (QED) is 0.879. The van der Waals surface area contributed by atoms with Crippen LogP contribution in [0.3, 0.4) is 0 Å². The summed E-state index contributed by atoms with van der Waals surface area (Å²) in [6.07, 6.45) is 1.96. The predicted octanol–water partition coefficient (Wildman–Crippen LogP) is 2.12. The molecule has 2 aromatic rings. The van der Waals surface area contributed by atoms with Gasteiger partial charge in [0.2, 0.25) is 5.95 Å². The minimum atomic E-state index is -0.286. The fourth-order valence-electron chi connectivity index (χ4n) is 2.64. The maximum atomic E-state index is 6.09. The summed E-state index contributed by atoms with van der Waals surface area (Å²) >= 11 is 0. The summed E-state index contributed by atoms with van der Waals surface area (Å²) < 4.78 is 9.63. The summed E-state index contributed by atoms with van der Waals surface area (Å²) in [6.45, 7) is 9.60. The van der Waals surface area contributed by atoms with Crippen LogP contribution in [-0.2, 0) is 24.8 Å². The molecule has 0 radical (unpaired) electrons. The first-order valence-electron chi connectivity index (χ1n) is 7.21. The Balaban J connectivity index is 2.46. The number of aromatic nitrogens is 4. The number of rotatable bonds is 6. The first-order valence-corrected chi connectivity index (χ1v) is 7.21. The van der Waals surface area contributed by atoms with Gasteiger partial charge in [0, 0.05) is 13.7 Å². The number of hydrogen-bond acceptors (Lipinski definition) is 4. The number of imidazole rings is 1. The summed E-state index contributed by atoms with van der Waals surface area (Å²) in [5.41, 5.74) is 8.71. The first-order chi connectivity index (χ1) is 9.39. The smallest absolute Gasteiger partial charge is 0.202 e. The number of hydrogen-bond donors (Lipinski definition) is 1. The highest BCUT2D eigenvalue weighted by atomic mass is 16.5. The van der Waals surface area contributed by atoms with E-state index in [1.807, 2.05) is 23.2 Å². The Labute approximate surface area is 119 Å². The molecule has 6 nitrogen and oxygen atoms in total. The summed E-state index contributed by atoms with van der Waals surface area (Å²) in [7, 11) is 1.94. The van der Waals surface area contributed by atoms with E-state index in [9.17, 15) is 0 Å². The van der Waals surface area contributed by atoms with Gasteiger partial charge in [-0.15, -0.1) is 0 Å². The highest BCUT2D eigenvalue weighted by Crippen LogP contribution is 2.24. The van der Waals surface area contributed by atoms with Crippen LogP contribution in [0.1, 0.15) is 39.8 Å². The fraction of sp³-hybridized carbons (Fsp3) is 0.714. The average Bonchev–Trinajstić information content (AvgIpc) is 2.80. The monoisotopic (exact) mass is 279 g/mol. The van der Waals surface area contributed by atoms with Gasteiger partial charge in [0.25, 0.3) is 0 Å². The van der Waals surface area contributed by atoms with Crippen molar-refractivity contribution in [3.05, 3.63) is 5.69 Å². The van der Waals surface area contributed by atoms with Crippen molar-refractivity contribution < 1.29 is 4.74 Å². The Hall–Kier alpha value is -1.56. The fourth-order valence-corrected chi connectivity index (χ4v) is 2.64. The van der Waals surface area contributed by atoms with Crippen LogP contribution in [0.4, 0.5) is 5.95 Å². The molecule has 2 heterocycles. The molecule has 0 spiro atoms. The first kappa shape index (κ1) is 14.8. The standard InChI is InChI=1S/C14H25N5O/c1-6-8-10-11-12(18(5)17-10)19(13(15)16-11)9-14(3,4)20-7-2/h6-9H2,1-5H3,(H2,15,16). The van der Waals surface area contributed by atoms with Gasteiger partial charge in [0.15, 0.2) is 5.65 Å². The minimum Gasteiger partial charge on any atom is -0.374 e. The second-order valence-electron chi connectivity index (χ2n) is 5.74. The van der Waals surface area contributed by atoms with Crippen molar-refractivity contribution in [2.24, 2.45) is 7.05 Å². The van der Waals surface area contributed by atoms with Gasteiger partial charge >= 0.3 is 0 Å². The molecule has 2 aromatic heterocycles. The highest BCUT2D eigenvalue weighted by Gasteiger charge is 2.24. The second-order valence-corrected chi connectivity index (χ2v) is 5.74. The molecule has 6 heteroatoms. The van der Waals surface area contributed by atoms with Gasteiger partial charge in [-0.3, -0.25) is 9.25 Å². The molecule has 0 bridgehead atoms. The van der Waals surface area contributed by atoms with Gasteiger partial charge in [0.1, 0.15) is 5.52 Å². The van der Waals surface area contributed by atoms with Gasteiger partial charge in [-0.1, -0.05) is 13.3 Å². The molecule has 0 aliphatic heterocycles. The highest BCUT2D eigenvalue weighted by molar-refractivity contribution is 5.77. The number of fused-ring (bicyclic) bond motifs is 1.